The predicted molar refractivity (Wildman–Crippen MR) is 33.8 cm³/mol. The van der Waals surface area contributed by atoms with Gasteiger partial charge in [-0.25, -0.2) is 0 Å². The Morgan fingerprint density at radius 2 is 2.00 bits per heavy atom. The molecule has 1 rings (SSSR count). The first-order chi connectivity index (χ1) is 5.20. The van der Waals surface area contributed by atoms with Crippen molar-refractivity contribution in [3.63, 3.8) is 0 Å². The van der Waals surface area contributed by atoms with Crippen LogP contribution < -0.4 is 0 Å². The van der Waals surface area contributed by atoms with Gasteiger partial charge in [0.05, 0.1) is 6.61 Å². The Morgan fingerprint density at radius 1 is 1.36 bits per heavy atom. The van der Waals surface area contributed by atoms with Crippen molar-refractivity contribution in [1.82, 2.24) is 0 Å². The second kappa shape index (κ2) is 3.27. The third-order valence-corrected chi connectivity index (χ3v) is 1.71. The molecule has 0 saturated carbocycles. The van der Waals surface area contributed by atoms with Crippen LogP contribution in [0.4, 0.5) is 0 Å². The van der Waals surface area contributed by atoms with Crippen LogP contribution in [0.1, 0.15) is 0 Å². The topological polar surface area (TPSA) is 87.0 Å². The minimum Gasteiger partial charge on any atom is -0.394 e. The first-order valence-electron chi connectivity index (χ1n) is 3.28. The van der Waals surface area contributed by atoms with Gasteiger partial charge in [-0.2, -0.15) is 0 Å². The summed E-state index contributed by atoms with van der Waals surface area (Å²) in [6.07, 6.45) is -3.84. The van der Waals surface area contributed by atoms with Crippen LogP contribution in [-0.4, -0.2) is 52.6 Å². The van der Waals surface area contributed by atoms with Crippen LogP contribution in [0.15, 0.2) is 0 Å². The Hall–Kier alpha value is -0.490. The minimum absolute atomic E-state index is 0.400. The number of carbonyl (C=O) groups is 1. The van der Waals surface area contributed by atoms with Crippen molar-refractivity contribution < 1.29 is 24.9 Å². The first kappa shape index (κ1) is 8.61. The zero-order chi connectivity index (χ0) is 8.43. The molecule has 4 atom stereocenters. The minimum atomic E-state index is -1.22. The van der Waals surface area contributed by atoms with Crippen LogP contribution >= 0.6 is 0 Å². The quantitative estimate of drug-likeness (QED) is 0.396. The van der Waals surface area contributed by atoms with Gasteiger partial charge in [0.25, 0.3) is 0 Å². The van der Waals surface area contributed by atoms with Gasteiger partial charge in [-0.15, -0.1) is 0 Å². The van der Waals surface area contributed by atoms with Gasteiger partial charge in [0.15, 0.2) is 6.29 Å². The van der Waals surface area contributed by atoms with Crippen LogP contribution in [0.5, 0.6) is 0 Å². The van der Waals surface area contributed by atoms with Crippen LogP contribution in [0.3, 0.4) is 0 Å². The Labute approximate surface area is 63.2 Å². The van der Waals surface area contributed by atoms with E-state index in [1.54, 1.807) is 0 Å². The van der Waals surface area contributed by atoms with Gasteiger partial charge in [-0.1, -0.05) is 0 Å². The molecule has 0 aliphatic carbocycles. The molecule has 0 amide bonds. The number of hydrogen-bond acceptors (Lipinski definition) is 5. The molecular formula is C6H10O5. The lowest BCUT2D eigenvalue weighted by molar-refractivity contribution is -0.121. The lowest BCUT2D eigenvalue weighted by atomic mass is 10.1. The van der Waals surface area contributed by atoms with E-state index in [4.69, 9.17) is 20.1 Å². The number of rotatable bonds is 2. The maximum atomic E-state index is 10.1. The highest BCUT2D eigenvalue weighted by molar-refractivity contribution is 5.58. The van der Waals surface area contributed by atoms with E-state index in [-0.39, 0.29) is 0 Å². The van der Waals surface area contributed by atoms with Gasteiger partial charge >= 0.3 is 0 Å². The summed E-state index contributed by atoms with van der Waals surface area (Å²) < 4.78 is 4.77. The van der Waals surface area contributed by atoms with E-state index < -0.39 is 31.0 Å². The molecular weight excluding hydrogens is 152 g/mol. The van der Waals surface area contributed by atoms with E-state index in [1.165, 1.54) is 0 Å². The molecule has 1 saturated heterocycles. The van der Waals surface area contributed by atoms with Crippen LogP contribution in [-0.2, 0) is 9.53 Å². The first-order valence-corrected chi connectivity index (χ1v) is 3.28. The molecule has 1 fully saturated rings. The molecule has 5 nitrogen and oxygen atoms in total. The summed E-state index contributed by atoms with van der Waals surface area (Å²) in [5.41, 5.74) is 0. The van der Waals surface area contributed by atoms with Gasteiger partial charge < -0.3 is 24.9 Å². The Morgan fingerprint density at radius 3 is 2.27 bits per heavy atom. The molecule has 11 heavy (non-hydrogen) atoms. The number of aliphatic hydroxyl groups is 3. The van der Waals surface area contributed by atoms with Crippen molar-refractivity contribution in [1.29, 1.82) is 0 Å². The zero-order valence-corrected chi connectivity index (χ0v) is 5.75. The fourth-order valence-electron chi connectivity index (χ4n) is 1.04. The van der Waals surface area contributed by atoms with Crippen molar-refractivity contribution in [2.45, 2.75) is 24.4 Å². The molecule has 0 radical (unpaired) electrons. The van der Waals surface area contributed by atoms with Crippen molar-refractivity contribution >= 4 is 6.29 Å². The molecule has 3 N–H and O–H groups in total. The summed E-state index contributed by atoms with van der Waals surface area (Å²) >= 11 is 0. The maximum absolute atomic E-state index is 10.1. The van der Waals surface area contributed by atoms with Gasteiger partial charge in [-0.05, 0) is 0 Å². The average Bonchev–Trinajstić information content (AvgIpc) is 2.30. The lowest BCUT2D eigenvalue weighted by Crippen LogP contribution is -2.34. The number of hydrogen-bond donors (Lipinski definition) is 3. The molecule has 0 bridgehead atoms. The zero-order valence-electron chi connectivity index (χ0n) is 5.75. The van der Waals surface area contributed by atoms with E-state index in [0.717, 1.165) is 0 Å². The summed E-state index contributed by atoms with van der Waals surface area (Å²) in [5.74, 6) is 0. The van der Waals surface area contributed by atoms with Crippen LogP contribution in [0.25, 0.3) is 0 Å². The van der Waals surface area contributed by atoms with Gasteiger partial charge in [0.2, 0.25) is 0 Å². The molecule has 1 aliphatic rings. The van der Waals surface area contributed by atoms with E-state index in [9.17, 15) is 4.79 Å². The predicted octanol–water partition coefficient (Wildman–Crippen LogP) is -2.33. The number of ether oxygens (including phenoxy) is 1. The largest absolute Gasteiger partial charge is 0.394 e. The average molecular weight is 162 g/mol. The fraction of sp³-hybridized carbons (Fsp3) is 0.833. The Balaban J connectivity index is 2.60. The van der Waals surface area contributed by atoms with E-state index >= 15 is 0 Å². The van der Waals surface area contributed by atoms with Gasteiger partial charge in [-0.3, -0.25) is 0 Å². The molecule has 0 aromatic rings. The standard InChI is InChI=1S/C6H10O5/c7-1-3-5(9)6(10)4(2-8)11-3/h1,3-6,8-10H,2H2/t3-,4-,5-,6+/m1/s1. The SMILES string of the molecule is O=C[C@H]1O[C@H](CO)[C@H](O)[C@@H]1O. The Kier molecular flexibility index (Phi) is 2.56. The summed E-state index contributed by atoms with van der Waals surface area (Å²) in [5, 5.41) is 26.7. The number of aliphatic hydroxyl groups excluding tert-OH is 3. The van der Waals surface area contributed by atoms with E-state index in [2.05, 4.69) is 0 Å². The highest BCUT2D eigenvalue weighted by atomic mass is 16.6. The molecule has 1 aliphatic heterocycles. The van der Waals surface area contributed by atoms with Gasteiger partial charge in [0.1, 0.15) is 24.4 Å². The van der Waals surface area contributed by atoms with Gasteiger partial charge in [0, 0.05) is 0 Å². The smallest absolute Gasteiger partial charge is 0.151 e. The number of carbonyl (C=O) groups excluding carboxylic acids is 1. The van der Waals surface area contributed by atoms with Crippen molar-refractivity contribution in [3.8, 4) is 0 Å². The third-order valence-electron chi connectivity index (χ3n) is 1.71. The fourth-order valence-corrected chi connectivity index (χ4v) is 1.04. The Bertz CT molecular complexity index is 148. The monoisotopic (exact) mass is 162 g/mol. The van der Waals surface area contributed by atoms with E-state index in [1.807, 2.05) is 0 Å². The molecule has 0 spiro atoms. The third kappa shape index (κ3) is 1.41. The maximum Gasteiger partial charge on any atom is 0.151 e. The second-order valence-electron chi connectivity index (χ2n) is 2.44. The highest BCUT2D eigenvalue weighted by Gasteiger charge is 2.41. The second-order valence-corrected chi connectivity index (χ2v) is 2.44. The summed E-state index contributed by atoms with van der Waals surface area (Å²) in [4.78, 5) is 10.1. The summed E-state index contributed by atoms with van der Waals surface area (Å²) in [6.45, 7) is -0.400. The van der Waals surface area contributed by atoms with Crippen molar-refractivity contribution in [2.75, 3.05) is 6.61 Å². The number of aldehydes is 1. The molecule has 5 heteroatoms. The van der Waals surface area contributed by atoms with E-state index in [0.29, 0.717) is 6.29 Å². The van der Waals surface area contributed by atoms with Crippen LogP contribution in [0, 0.1) is 0 Å². The van der Waals surface area contributed by atoms with Crippen molar-refractivity contribution in [3.05, 3.63) is 0 Å². The van der Waals surface area contributed by atoms with Crippen molar-refractivity contribution in [2.24, 2.45) is 0 Å². The summed E-state index contributed by atoms with van der Waals surface area (Å²) in [7, 11) is 0. The molecule has 0 aromatic heterocycles. The lowest BCUT2D eigenvalue weighted by Gasteiger charge is -2.10. The molecule has 64 valence electrons. The van der Waals surface area contributed by atoms with Crippen LogP contribution in [0.2, 0.25) is 0 Å². The highest BCUT2D eigenvalue weighted by Crippen LogP contribution is 2.19. The normalized spacial score (nSPS) is 44.3. The molecule has 1 heterocycles. The molecule has 0 aromatic carbocycles. The molecule has 0 unspecified atom stereocenters. The summed E-state index contributed by atoms with van der Waals surface area (Å²) in [6, 6.07) is 0.